The molecule has 0 heteroatoms. The van der Waals surface area contributed by atoms with Crippen LogP contribution in [0.5, 0.6) is 0 Å². The molecule has 0 aromatic rings. The Hall–Kier alpha value is -0.780. The highest BCUT2D eigenvalue weighted by Crippen LogP contribution is 2.12. The van der Waals surface area contributed by atoms with Gasteiger partial charge in [-0.25, -0.2) is 0 Å². The monoisotopic (exact) mass is 206 g/mol. The molecular formula is C15H26. The molecule has 0 radical (unpaired) electrons. The average Bonchev–Trinajstić information content (AvgIpc) is 2.17. The van der Waals surface area contributed by atoms with E-state index in [1.807, 2.05) is 6.08 Å². The minimum absolute atomic E-state index is 0.834. The van der Waals surface area contributed by atoms with Gasteiger partial charge in [-0.15, -0.1) is 0 Å². The van der Waals surface area contributed by atoms with Gasteiger partial charge < -0.3 is 0 Å². The smallest absolute Gasteiger partial charge is 0.0161 e. The van der Waals surface area contributed by atoms with E-state index in [-0.39, 0.29) is 0 Å². The lowest BCUT2D eigenvalue weighted by atomic mass is 10.0. The van der Waals surface area contributed by atoms with Crippen molar-refractivity contribution < 1.29 is 0 Å². The maximum Gasteiger partial charge on any atom is -0.0161 e. The maximum absolute atomic E-state index is 3.74. The van der Waals surface area contributed by atoms with Crippen LogP contribution in [-0.4, -0.2) is 0 Å². The molecule has 0 saturated heterocycles. The molecule has 0 heterocycles. The number of rotatable bonds is 7. The van der Waals surface area contributed by atoms with E-state index < -0.39 is 0 Å². The van der Waals surface area contributed by atoms with Gasteiger partial charge in [-0.2, -0.15) is 0 Å². The highest BCUT2D eigenvalue weighted by molar-refractivity contribution is 5.15. The first-order valence-electron chi connectivity index (χ1n) is 6.01. The van der Waals surface area contributed by atoms with E-state index in [1.54, 1.807) is 0 Å². The molecule has 0 N–H and O–H groups in total. The summed E-state index contributed by atoms with van der Waals surface area (Å²) >= 11 is 0. The van der Waals surface area contributed by atoms with Crippen molar-refractivity contribution in [2.45, 2.75) is 53.4 Å². The van der Waals surface area contributed by atoms with Crippen LogP contribution in [0.4, 0.5) is 0 Å². The number of allylic oxidation sites excluding steroid dienone is 5. The molecule has 0 aliphatic rings. The van der Waals surface area contributed by atoms with Gasteiger partial charge in [0.05, 0.1) is 0 Å². The van der Waals surface area contributed by atoms with Crippen LogP contribution in [0.1, 0.15) is 53.4 Å². The predicted molar refractivity (Wildman–Crippen MR) is 71.0 cm³/mol. The van der Waals surface area contributed by atoms with Crippen LogP contribution in [0.25, 0.3) is 0 Å². The predicted octanol–water partition coefficient (Wildman–Crippen LogP) is 5.28. The van der Waals surface area contributed by atoms with Gasteiger partial charge in [-0.05, 0) is 39.0 Å². The standard InChI is InChI=1S/C15H26/c1-6-14(4)10-8-12-15(5)11-7-9-13(2)3/h6,10,12-13H,1,7-9,11H2,2-5H3/b14-10+,15-12+. The first-order valence-corrected chi connectivity index (χ1v) is 6.01. The molecule has 0 aliphatic carbocycles. The van der Waals surface area contributed by atoms with E-state index in [9.17, 15) is 0 Å². The quantitative estimate of drug-likeness (QED) is 0.392. The summed E-state index contributed by atoms with van der Waals surface area (Å²) in [6.07, 6.45) is 11.4. The second kappa shape index (κ2) is 8.52. The van der Waals surface area contributed by atoms with E-state index in [2.05, 4.69) is 46.4 Å². The van der Waals surface area contributed by atoms with E-state index in [0.717, 1.165) is 12.3 Å². The first-order chi connectivity index (χ1) is 7.06. The Balaban J connectivity index is 3.74. The van der Waals surface area contributed by atoms with Crippen molar-refractivity contribution in [2.75, 3.05) is 0 Å². The van der Waals surface area contributed by atoms with Gasteiger partial charge in [0.25, 0.3) is 0 Å². The third-order valence-corrected chi connectivity index (χ3v) is 2.58. The molecule has 0 bridgehead atoms. The van der Waals surface area contributed by atoms with Gasteiger partial charge in [-0.3, -0.25) is 0 Å². The first kappa shape index (κ1) is 14.2. The topological polar surface area (TPSA) is 0 Å². The lowest BCUT2D eigenvalue weighted by Gasteiger charge is -2.04. The molecule has 0 unspecified atom stereocenters. The molecule has 0 amide bonds. The van der Waals surface area contributed by atoms with Gasteiger partial charge in [0.15, 0.2) is 0 Å². The molecule has 0 rings (SSSR count). The van der Waals surface area contributed by atoms with Crippen LogP contribution >= 0.6 is 0 Å². The van der Waals surface area contributed by atoms with Crippen molar-refractivity contribution in [1.82, 2.24) is 0 Å². The summed E-state index contributed by atoms with van der Waals surface area (Å²) in [6, 6.07) is 0. The molecule has 0 aromatic carbocycles. The zero-order valence-corrected chi connectivity index (χ0v) is 10.8. The Morgan fingerprint density at radius 3 is 2.40 bits per heavy atom. The summed E-state index contributed by atoms with van der Waals surface area (Å²) in [5.41, 5.74) is 2.78. The third-order valence-electron chi connectivity index (χ3n) is 2.58. The average molecular weight is 206 g/mol. The van der Waals surface area contributed by atoms with E-state index in [1.165, 1.54) is 30.4 Å². The Bertz CT molecular complexity index is 228. The maximum atomic E-state index is 3.74. The fraction of sp³-hybridized carbons (Fsp3) is 0.600. The summed E-state index contributed by atoms with van der Waals surface area (Å²) in [5, 5.41) is 0. The van der Waals surface area contributed by atoms with Crippen molar-refractivity contribution in [2.24, 2.45) is 5.92 Å². The third kappa shape index (κ3) is 9.52. The summed E-state index contributed by atoms with van der Waals surface area (Å²) in [7, 11) is 0. The zero-order chi connectivity index (χ0) is 11.7. The molecule has 0 spiro atoms. The molecular weight excluding hydrogens is 180 g/mol. The SMILES string of the molecule is C=C/C(C)=C/C/C=C(\C)CCCC(C)C. The van der Waals surface area contributed by atoms with E-state index >= 15 is 0 Å². The summed E-state index contributed by atoms with van der Waals surface area (Å²) < 4.78 is 0. The minimum atomic E-state index is 0.834. The van der Waals surface area contributed by atoms with Gasteiger partial charge >= 0.3 is 0 Å². The zero-order valence-electron chi connectivity index (χ0n) is 10.8. The van der Waals surface area contributed by atoms with Gasteiger partial charge in [0, 0.05) is 0 Å². The fourth-order valence-electron chi connectivity index (χ4n) is 1.42. The van der Waals surface area contributed by atoms with Gasteiger partial charge in [0.1, 0.15) is 0 Å². The lowest BCUT2D eigenvalue weighted by Crippen LogP contribution is -1.87. The Labute approximate surface area is 95.8 Å². The van der Waals surface area contributed by atoms with Crippen molar-refractivity contribution in [1.29, 1.82) is 0 Å². The van der Waals surface area contributed by atoms with Crippen molar-refractivity contribution in [3.8, 4) is 0 Å². The molecule has 0 nitrogen and oxygen atoms in total. The number of hydrogen-bond donors (Lipinski definition) is 0. The van der Waals surface area contributed by atoms with Crippen LogP contribution in [0, 0.1) is 5.92 Å². The molecule has 15 heavy (non-hydrogen) atoms. The largest absolute Gasteiger partial charge is 0.0988 e. The molecule has 0 aliphatic heterocycles. The Morgan fingerprint density at radius 1 is 1.20 bits per heavy atom. The van der Waals surface area contributed by atoms with Gasteiger partial charge in [0.2, 0.25) is 0 Å². The normalized spacial score (nSPS) is 13.4. The van der Waals surface area contributed by atoms with Crippen molar-refractivity contribution in [3.05, 3.63) is 36.0 Å². The highest BCUT2D eigenvalue weighted by Gasteiger charge is 1.94. The van der Waals surface area contributed by atoms with Crippen molar-refractivity contribution in [3.63, 3.8) is 0 Å². The fourth-order valence-corrected chi connectivity index (χ4v) is 1.42. The van der Waals surface area contributed by atoms with Crippen LogP contribution < -0.4 is 0 Å². The molecule has 0 fully saturated rings. The second-order valence-electron chi connectivity index (χ2n) is 4.72. The van der Waals surface area contributed by atoms with Crippen LogP contribution in [0.3, 0.4) is 0 Å². The van der Waals surface area contributed by atoms with Crippen molar-refractivity contribution >= 4 is 0 Å². The minimum Gasteiger partial charge on any atom is -0.0988 e. The molecule has 0 saturated carbocycles. The molecule has 86 valence electrons. The summed E-state index contributed by atoms with van der Waals surface area (Å²) in [4.78, 5) is 0. The highest BCUT2D eigenvalue weighted by atomic mass is 14.0. The second-order valence-corrected chi connectivity index (χ2v) is 4.72. The van der Waals surface area contributed by atoms with Crippen LogP contribution in [0.2, 0.25) is 0 Å². The Kier molecular flexibility index (Phi) is 8.08. The van der Waals surface area contributed by atoms with E-state index in [4.69, 9.17) is 0 Å². The molecule has 0 atom stereocenters. The van der Waals surface area contributed by atoms with E-state index in [0.29, 0.717) is 0 Å². The van der Waals surface area contributed by atoms with Gasteiger partial charge in [-0.1, -0.05) is 56.2 Å². The van der Waals surface area contributed by atoms with Crippen LogP contribution in [0.15, 0.2) is 36.0 Å². The summed E-state index contributed by atoms with van der Waals surface area (Å²) in [6.45, 7) is 12.6. The number of hydrogen-bond acceptors (Lipinski definition) is 0. The lowest BCUT2D eigenvalue weighted by molar-refractivity contribution is 0.554. The summed E-state index contributed by atoms with van der Waals surface area (Å²) in [5.74, 6) is 0.834. The van der Waals surface area contributed by atoms with Crippen LogP contribution in [-0.2, 0) is 0 Å². The Morgan fingerprint density at radius 2 is 1.87 bits per heavy atom. The molecule has 0 aromatic heterocycles.